The molecule has 1 rings (SSSR count). The summed E-state index contributed by atoms with van der Waals surface area (Å²) in [5.74, 6) is 1.91. The fourth-order valence-corrected chi connectivity index (χ4v) is 5.04. The van der Waals surface area contributed by atoms with Gasteiger partial charge < -0.3 is 4.57 Å². The number of nitrogens with zero attached hydrogens (tertiary/aromatic N) is 2. The van der Waals surface area contributed by atoms with Crippen molar-refractivity contribution in [2.24, 2.45) is 0 Å². The Kier molecular flexibility index (Phi) is 19.0. The molecule has 1 aromatic heterocycles. The van der Waals surface area contributed by atoms with Gasteiger partial charge in [0.05, 0.1) is 0 Å². The van der Waals surface area contributed by atoms with Crippen LogP contribution in [0.15, 0.2) is 12.4 Å². The first-order valence-corrected chi connectivity index (χ1v) is 14.7. The van der Waals surface area contributed by atoms with Gasteiger partial charge in [-0.2, -0.15) is 0 Å². The van der Waals surface area contributed by atoms with Crippen LogP contribution in [-0.2, 0) is 0 Å². The fourth-order valence-electron chi connectivity index (χ4n) is 5.04. The van der Waals surface area contributed by atoms with Gasteiger partial charge in [0.15, 0.2) is 0 Å². The Labute approximate surface area is 202 Å². The molecule has 0 amide bonds. The third kappa shape index (κ3) is 14.4. The van der Waals surface area contributed by atoms with Gasteiger partial charge in [0.2, 0.25) is 0 Å². The maximum Gasteiger partial charge on any atom is 0.111 e. The van der Waals surface area contributed by atoms with Crippen LogP contribution in [0.2, 0.25) is 0 Å². The summed E-state index contributed by atoms with van der Waals surface area (Å²) in [5, 5.41) is 0. The second kappa shape index (κ2) is 20.8. The number of unbranched alkanes of at least 4 members (excludes halogenated alkanes) is 17. The highest BCUT2D eigenvalue weighted by Gasteiger charge is 2.15. The first-order chi connectivity index (χ1) is 15.7. The van der Waals surface area contributed by atoms with E-state index in [1.807, 2.05) is 6.20 Å². The SMILES string of the molecule is CCCCCCCCCCCCCCCC(C)n1ccnc1C(C)CCCCCCCC. The number of hydrogen-bond donors (Lipinski definition) is 0. The van der Waals surface area contributed by atoms with Crippen molar-refractivity contribution < 1.29 is 0 Å². The molecular weight excluding hydrogens is 388 g/mol. The molecule has 0 aliphatic rings. The van der Waals surface area contributed by atoms with Crippen molar-refractivity contribution in [2.45, 2.75) is 174 Å². The summed E-state index contributed by atoms with van der Waals surface area (Å²) in [7, 11) is 0. The molecule has 0 aliphatic heterocycles. The molecule has 0 saturated carbocycles. The molecule has 0 aromatic carbocycles. The van der Waals surface area contributed by atoms with Crippen LogP contribution < -0.4 is 0 Å². The van der Waals surface area contributed by atoms with Gasteiger partial charge >= 0.3 is 0 Å². The zero-order valence-electron chi connectivity index (χ0n) is 22.6. The van der Waals surface area contributed by atoms with Crippen LogP contribution in [0.25, 0.3) is 0 Å². The standard InChI is InChI=1S/C30H58N2/c1-5-7-9-11-13-14-15-16-17-18-19-21-23-25-29(4)32-27-26-31-30(32)28(3)24-22-20-12-10-8-6-2/h26-29H,5-25H2,1-4H3. The van der Waals surface area contributed by atoms with Gasteiger partial charge in [-0.3, -0.25) is 0 Å². The third-order valence-electron chi connectivity index (χ3n) is 7.33. The summed E-state index contributed by atoms with van der Waals surface area (Å²) in [5.41, 5.74) is 0. The normalized spacial score (nSPS) is 13.5. The van der Waals surface area contributed by atoms with Crippen LogP contribution >= 0.6 is 0 Å². The van der Waals surface area contributed by atoms with Crippen LogP contribution in [0.3, 0.4) is 0 Å². The van der Waals surface area contributed by atoms with Gasteiger partial charge in [0.1, 0.15) is 5.82 Å². The molecule has 0 radical (unpaired) electrons. The van der Waals surface area contributed by atoms with Gasteiger partial charge in [-0.05, 0) is 19.8 Å². The van der Waals surface area contributed by atoms with Gasteiger partial charge in [-0.1, -0.05) is 143 Å². The second-order valence-electron chi connectivity index (χ2n) is 10.5. The van der Waals surface area contributed by atoms with E-state index in [1.165, 1.54) is 141 Å². The maximum absolute atomic E-state index is 4.74. The Bertz CT molecular complexity index is 507. The molecule has 188 valence electrons. The first-order valence-electron chi connectivity index (χ1n) is 14.7. The van der Waals surface area contributed by atoms with Crippen LogP contribution in [0.1, 0.15) is 180 Å². The van der Waals surface area contributed by atoms with E-state index in [0.29, 0.717) is 12.0 Å². The third-order valence-corrected chi connectivity index (χ3v) is 7.33. The first kappa shape index (κ1) is 29.2. The van der Waals surface area contributed by atoms with Crippen LogP contribution in [-0.4, -0.2) is 9.55 Å². The molecule has 2 unspecified atom stereocenters. The van der Waals surface area contributed by atoms with Crippen LogP contribution in [0, 0.1) is 0 Å². The van der Waals surface area contributed by atoms with E-state index in [0.717, 1.165) is 0 Å². The average molecular weight is 447 g/mol. The summed E-state index contributed by atoms with van der Waals surface area (Å²) in [4.78, 5) is 4.74. The van der Waals surface area contributed by atoms with Crippen LogP contribution in [0.4, 0.5) is 0 Å². The molecule has 0 N–H and O–H groups in total. The minimum Gasteiger partial charge on any atom is -0.332 e. The molecule has 1 heterocycles. The zero-order valence-corrected chi connectivity index (χ0v) is 22.6. The Balaban J connectivity index is 2.06. The van der Waals surface area contributed by atoms with Crippen molar-refractivity contribution in [1.82, 2.24) is 9.55 Å². The van der Waals surface area contributed by atoms with E-state index in [1.54, 1.807) is 0 Å². The van der Waals surface area contributed by atoms with E-state index in [4.69, 9.17) is 4.98 Å². The minimum atomic E-state index is 0.588. The molecule has 0 spiro atoms. The Morgan fingerprint density at radius 1 is 0.594 bits per heavy atom. The molecule has 1 aromatic rings. The number of aromatic nitrogens is 2. The molecule has 0 bridgehead atoms. The lowest BCUT2D eigenvalue weighted by Gasteiger charge is -2.20. The van der Waals surface area contributed by atoms with Gasteiger partial charge in [-0.15, -0.1) is 0 Å². The monoisotopic (exact) mass is 446 g/mol. The lowest BCUT2D eigenvalue weighted by Crippen LogP contribution is -2.11. The summed E-state index contributed by atoms with van der Waals surface area (Å²) in [6, 6.07) is 0.590. The highest BCUT2D eigenvalue weighted by molar-refractivity contribution is 5.00. The lowest BCUT2D eigenvalue weighted by atomic mass is 10.00. The summed E-state index contributed by atoms with van der Waals surface area (Å²) in [6.07, 6.45) is 33.8. The Morgan fingerprint density at radius 2 is 1.00 bits per heavy atom. The van der Waals surface area contributed by atoms with Crippen molar-refractivity contribution in [3.05, 3.63) is 18.2 Å². The summed E-state index contributed by atoms with van der Waals surface area (Å²) < 4.78 is 2.47. The Hall–Kier alpha value is -0.790. The zero-order chi connectivity index (χ0) is 23.3. The van der Waals surface area contributed by atoms with Crippen molar-refractivity contribution in [2.75, 3.05) is 0 Å². The van der Waals surface area contributed by atoms with E-state index in [-0.39, 0.29) is 0 Å². The quantitative estimate of drug-likeness (QED) is 0.153. The number of imidazole rings is 1. The van der Waals surface area contributed by atoms with Crippen molar-refractivity contribution in [1.29, 1.82) is 0 Å². The number of rotatable bonds is 23. The highest BCUT2D eigenvalue weighted by atomic mass is 15.1. The molecule has 2 nitrogen and oxygen atoms in total. The maximum atomic E-state index is 4.74. The van der Waals surface area contributed by atoms with Crippen LogP contribution in [0.5, 0.6) is 0 Å². The van der Waals surface area contributed by atoms with Gasteiger partial charge in [0, 0.05) is 24.4 Å². The molecular formula is C30H58N2. The lowest BCUT2D eigenvalue weighted by molar-refractivity contribution is 0.435. The second-order valence-corrected chi connectivity index (χ2v) is 10.5. The van der Waals surface area contributed by atoms with E-state index >= 15 is 0 Å². The Morgan fingerprint density at radius 3 is 1.47 bits per heavy atom. The molecule has 0 fully saturated rings. The van der Waals surface area contributed by atoms with Crippen molar-refractivity contribution in [3.63, 3.8) is 0 Å². The highest BCUT2D eigenvalue weighted by Crippen LogP contribution is 2.26. The van der Waals surface area contributed by atoms with E-state index < -0.39 is 0 Å². The van der Waals surface area contributed by atoms with Gasteiger partial charge in [-0.25, -0.2) is 4.98 Å². The molecule has 2 heteroatoms. The number of hydrogen-bond acceptors (Lipinski definition) is 1. The van der Waals surface area contributed by atoms with E-state index in [9.17, 15) is 0 Å². The topological polar surface area (TPSA) is 17.8 Å². The predicted octanol–water partition coefficient (Wildman–Crippen LogP) is 10.8. The smallest absolute Gasteiger partial charge is 0.111 e. The minimum absolute atomic E-state index is 0.588. The molecule has 2 atom stereocenters. The predicted molar refractivity (Wildman–Crippen MR) is 144 cm³/mol. The summed E-state index contributed by atoms with van der Waals surface area (Å²) in [6.45, 7) is 9.36. The summed E-state index contributed by atoms with van der Waals surface area (Å²) >= 11 is 0. The van der Waals surface area contributed by atoms with Crippen molar-refractivity contribution >= 4 is 0 Å². The molecule has 32 heavy (non-hydrogen) atoms. The van der Waals surface area contributed by atoms with Crippen molar-refractivity contribution in [3.8, 4) is 0 Å². The van der Waals surface area contributed by atoms with Gasteiger partial charge in [0.25, 0.3) is 0 Å². The molecule has 0 aliphatic carbocycles. The largest absolute Gasteiger partial charge is 0.332 e. The fraction of sp³-hybridized carbons (Fsp3) is 0.900. The van der Waals surface area contributed by atoms with E-state index in [2.05, 4.69) is 38.5 Å². The molecule has 0 saturated heterocycles. The average Bonchev–Trinajstić information content (AvgIpc) is 3.29.